The summed E-state index contributed by atoms with van der Waals surface area (Å²) < 4.78 is 33.9. The summed E-state index contributed by atoms with van der Waals surface area (Å²) in [6, 6.07) is 10.4. The molecule has 0 heterocycles. The second-order valence-corrected chi connectivity index (χ2v) is 5.51. The van der Waals surface area contributed by atoms with Crippen molar-refractivity contribution < 1.29 is 27.8 Å². The maximum atomic E-state index is 12.3. The van der Waals surface area contributed by atoms with Crippen LogP contribution in [0.1, 0.15) is 15.9 Å². The Balaban J connectivity index is 1.95. The van der Waals surface area contributed by atoms with Crippen molar-refractivity contribution in [1.29, 1.82) is 0 Å². The monoisotopic (exact) mass is 396 g/mol. The molecule has 142 valence electrons. The van der Waals surface area contributed by atoms with Crippen molar-refractivity contribution in [2.24, 2.45) is 0 Å². The van der Waals surface area contributed by atoms with Crippen LogP contribution in [0, 0.1) is 0 Å². The molecule has 2 aromatic rings. The molecule has 0 aliphatic heterocycles. The summed E-state index contributed by atoms with van der Waals surface area (Å²) in [6.45, 7) is -2.98. The molecule has 0 unspecified atom stereocenters. The number of methoxy groups -OCH3 is 1. The molecule has 0 saturated heterocycles. The lowest BCUT2D eigenvalue weighted by Crippen LogP contribution is -2.40. The molecule has 0 atom stereocenters. The molecule has 0 fully saturated rings. The van der Waals surface area contributed by atoms with Gasteiger partial charge in [-0.15, -0.1) is 0 Å². The van der Waals surface area contributed by atoms with Gasteiger partial charge in [0.05, 0.1) is 7.11 Å². The number of benzene rings is 2. The number of nitrogens with one attached hydrogen (secondary N) is 2. The maximum Gasteiger partial charge on any atom is 0.387 e. The summed E-state index contributed by atoms with van der Waals surface area (Å²) in [6.07, 6.45) is 2.57. The van der Waals surface area contributed by atoms with Crippen LogP contribution in [-0.4, -0.2) is 25.5 Å². The summed E-state index contributed by atoms with van der Waals surface area (Å²) in [5.41, 5.74) is 5.24. The molecule has 2 rings (SSSR count). The van der Waals surface area contributed by atoms with E-state index in [9.17, 15) is 18.4 Å². The third-order valence-electron chi connectivity index (χ3n) is 3.22. The zero-order valence-corrected chi connectivity index (χ0v) is 14.8. The van der Waals surface area contributed by atoms with Crippen molar-refractivity contribution in [3.63, 3.8) is 0 Å². The standard InChI is InChI=1S/C18H15ClF2N2O4/c1-26-15-9-11(5-7-14(15)27-18(20)21)6-8-16(24)22-23-17(25)12-3-2-4-13(19)10-12/h2-10,18H,1H3,(H,22,24)(H,23,25)/b8-6+. The van der Waals surface area contributed by atoms with E-state index in [2.05, 4.69) is 15.6 Å². The highest BCUT2D eigenvalue weighted by molar-refractivity contribution is 6.30. The van der Waals surface area contributed by atoms with Crippen molar-refractivity contribution >= 4 is 29.5 Å². The van der Waals surface area contributed by atoms with E-state index in [1.165, 1.54) is 37.5 Å². The quantitative estimate of drug-likeness (QED) is 0.579. The van der Waals surface area contributed by atoms with E-state index in [0.29, 0.717) is 10.6 Å². The highest BCUT2D eigenvalue weighted by Gasteiger charge is 2.10. The second-order valence-electron chi connectivity index (χ2n) is 5.08. The number of rotatable bonds is 6. The average molecular weight is 397 g/mol. The van der Waals surface area contributed by atoms with Crippen LogP contribution < -0.4 is 20.3 Å². The van der Waals surface area contributed by atoms with Crippen LogP contribution >= 0.6 is 11.6 Å². The third-order valence-corrected chi connectivity index (χ3v) is 3.45. The lowest BCUT2D eigenvalue weighted by molar-refractivity contribution is -0.117. The Kier molecular flexibility index (Phi) is 7.13. The topological polar surface area (TPSA) is 76.7 Å². The highest BCUT2D eigenvalue weighted by Crippen LogP contribution is 2.29. The van der Waals surface area contributed by atoms with E-state index in [1.807, 2.05) is 0 Å². The van der Waals surface area contributed by atoms with Crippen molar-refractivity contribution in [3.05, 3.63) is 64.7 Å². The summed E-state index contributed by atoms with van der Waals surface area (Å²) in [5, 5.41) is 0.391. The van der Waals surface area contributed by atoms with Gasteiger partial charge in [-0.2, -0.15) is 8.78 Å². The number of carbonyl (C=O) groups is 2. The molecule has 2 aromatic carbocycles. The molecule has 2 amide bonds. The van der Waals surface area contributed by atoms with Crippen molar-refractivity contribution in [2.75, 3.05) is 7.11 Å². The van der Waals surface area contributed by atoms with E-state index in [0.717, 1.165) is 6.08 Å². The highest BCUT2D eigenvalue weighted by atomic mass is 35.5. The van der Waals surface area contributed by atoms with Gasteiger partial charge in [0.1, 0.15) is 0 Å². The van der Waals surface area contributed by atoms with Gasteiger partial charge < -0.3 is 9.47 Å². The first-order chi connectivity index (χ1) is 12.9. The molecule has 6 nitrogen and oxygen atoms in total. The van der Waals surface area contributed by atoms with Crippen LogP contribution in [0.2, 0.25) is 5.02 Å². The predicted octanol–water partition coefficient (Wildman–Crippen LogP) is 3.42. The minimum atomic E-state index is -2.98. The van der Waals surface area contributed by atoms with Crippen molar-refractivity contribution in [2.45, 2.75) is 6.61 Å². The third kappa shape index (κ3) is 6.27. The molecule has 0 aromatic heterocycles. The Morgan fingerprint density at radius 2 is 1.89 bits per heavy atom. The number of alkyl halides is 2. The van der Waals surface area contributed by atoms with Crippen LogP contribution in [0.25, 0.3) is 6.08 Å². The zero-order valence-electron chi connectivity index (χ0n) is 14.0. The maximum absolute atomic E-state index is 12.3. The molecule has 0 bridgehead atoms. The van der Waals surface area contributed by atoms with E-state index < -0.39 is 18.4 Å². The Morgan fingerprint density at radius 3 is 2.56 bits per heavy atom. The molecular formula is C18H15ClF2N2O4. The van der Waals surface area contributed by atoms with E-state index >= 15 is 0 Å². The van der Waals surface area contributed by atoms with Gasteiger partial charge in [-0.25, -0.2) is 0 Å². The summed E-state index contributed by atoms with van der Waals surface area (Å²) >= 11 is 5.79. The fourth-order valence-corrected chi connectivity index (χ4v) is 2.21. The Bertz CT molecular complexity index is 859. The van der Waals surface area contributed by atoms with Crippen molar-refractivity contribution in [3.8, 4) is 11.5 Å². The van der Waals surface area contributed by atoms with Gasteiger partial charge in [0.25, 0.3) is 11.8 Å². The van der Waals surface area contributed by atoms with Crippen LogP contribution in [0.3, 0.4) is 0 Å². The molecule has 0 aliphatic carbocycles. The Hall–Kier alpha value is -3.13. The largest absolute Gasteiger partial charge is 0.493 e. The van der Waals surface area contributed by atoms with Gasteiger partial charge in [-0.1, -0.05) is 23.7 Å². The zero-order chi connectivity index (χ0) is 19.8. The minimum Gasteiger partial charge on any atom is -0.493 e. The van der Waals surface area contributed by atoms with Gasteiger partial charge in [0.15, 0.2) is 11.5 Å². The first kappa shape index (κ1) is 20.2. The van der Waals surface area contributed by atoms with Gasteiger partial charge in [0.2, 0.25) is 0 Å². The minimum absolute atomic E-state index is 0.0899. The number of ether oxygens (including phenoxy) is 2. The van der Waals surface area contributed by atoms with Crippen LogP contribution in [-0.2, 0) is 4.79 Å². The smallest absolute Gasteiger partial charge is 0.387 e. The van der Waals surface area contributed by atoms with Gasteiger partial charge in [0, 0.05) is 16.7 Å². The van der Waals surface area contributed by atoms with Crippen molar-refractivity contribution in [1.82, 2.24) is 10.9 Å². The molecule has 0 radical (unpaired) electrons. The fraction of sp³-hybridized carbons (Fsp3) is 0.111. The van der Waals surface area contributed by atoms with Crippen LogP contribution in [0.15, 0.2) is 48.5 Å². The number of hydrogen-bond acceptors (Lipinski definition) is 4. The summed E-state index contributed by atoms with van der Waals surface area (Å²) in [7, 11) is 1.30. The normalized spacial score (nSPS) is 10.7. The van der Waals surface area contributed by atoms with E-state index in [4.69, 9.17) is 16.3 Å². The molecular weight excluding hydrogens is 382 g/mol. The number of carbonyl (C=O) groups excluding carboxylic acids is 2. The first-order valence-corrected chi connectivity index (χ1v) is 7.93. The fourth-order valence-electron chi connectivity index (χ4n) is 2.02. The number of halogens is 3. The van der Waals surface area contributed by atoms with Crippen LogP contribution in [0.4, 0.5) is 8.78 Å². The molecule has 0 spiro atoms. The number of hydrazine groups is 1. The molecule has 0 aliphatic rings. The van der Waals surface area contributed by atoms with E-state index in [-0.39, 0.29) is 17.1 Å². The average Bonchev–Trinajstić information content (AvgIpc) is 2.64. The molecule has 2 N–H and O–H groups in total. The number of hydrogen-bond donors (Lipinski definition) is 2. The predicted molar refractivity (Wildman–Crippen MR) is 95.7 cm³/mol. The van der Waals surface area contributed by atoms with Crippen LogP contribution in [0.5, 0.6) is 11.5 Å². The molecule has 27 heavy (non-hydrogen) atoms. The number of amides is 2. The Labute approximate surface area is 158 Å². The molecule has 9 heteroatoms. The Morgan fingerprint density at radius 1 is 1.11 bits per heavy atom. The summed E-state index contributed by atoms with van der Waals surface area (Å²) in [5.74, 6) is -1.17. The molecule has 0 saturated carbocycles. The second kappa shape index (κ2) is 9.54. The summed E-state index contributed by atoms with van der Waals surface area (Å²) in [4.78, 5) is 23.7. The lowest BCUT2D eigenvalue weighted by Gasteiger charge is -2.10. The van der Waals surface area contributed by atoms with Gasteiger partial charge in [-0.05, 0) is 42.0 Å². The SMILES string of the molecule is COc1cc(/C=C/C(=O)NNC(=O)c2cccc(Cl)c2)ccc1OC(F)F. The van der Waals surface area contributed by atoms with Gasteiger partial charge >= 0.3 is 6.61 Å². The van der Waals surface area contributed by atoms with E-state index in [1.54, 1.807) is 18.2 Å². The van der Waals surface area contributed by atoms with Gasteiger partial charge in [-0.3, -0.25) is 20.4 Å². The first-order valence-electron chi connectivity index (χ1n) is 7.56. The lowest BCUT2D eigenvalue weighted by atomic mass is 10.2.